The van der Waals surface area contributed by atoms with Gasteiger partial charge in [0.2, 0.25) is 0 Å². The van der Waals surface area contributed by atoms with E-state index in [1.54, 1.807) is 0 Å². The van der Waals surface area contributed by atoms with Gasteiger partial charge >= 0.3 is 0 Å². The van der Waals surface area contributed by atoms with Crippen molar-refractivity contribution >= 4 is 0 Å². The Balaban J connectivity index is 2.24. The maximum Gasteiger partial charge on any atom is 0.0687 e. The first-order chi connectivity index (χ1) is 5.81. The summed E-state index contributed by atoms with van der Waals surface area (Å²) in [4.78, 5) is 0. The van der Waals surface area contributed by atoms with Crippen molar-refractivity contribution in [1.29, 1.82) is 0 Å². The minimum absolute atomic E-state index is 0.728. The average molecular weight is 165 g/mol. The first-order valence-corrected chi connectivity index (χ1v) is 4.53. The summed E-state index contributed by atoms with van der Waals surface area (Å²) in [7, 11) is 1.98. The number of nitrogens with two attached hydrogens (primary N) is 1. The fourth-order valence-corrected chi connectivity index (χ4v) is 1.60. The van der Waals surface area contributed by atoms with Crippen LogP contribution in [0.15, 0.2) is 6.20 Å². The van der Waals surface area contributed by atoms with E-state index < -0.39 is 0 Å². The van der Waals surface area contributed by atoms with Crippen LogP contribution in [-0.2, 0) is 13.5 Å². The molecule has 3 nitrogen and oxygen atoms in total. The van der Waals surface area contributed by atoms with Gasteiger partial charge in [-0.25, -0.2) is 0 Å². The lowest BCUT2D eigenvalue weighted by Crippen LogP contribution is -2.03. The largest absolute Gasteiger partial charge is 0.330 e. The summed E-state index contributed by atoms with van der Waals surface area (Å²) < 4.78 is 1.90. The van der Waals surface area contributed by atoms with Gasteiger partial charge in [-0.05, 0) is 31.4 Å². The third kappa shape index (κ3) is 1.37. The molecule has 1 aromatic heterocycles. The molecule has 2 N–H and O–H groups in total. The van der Waals surface area contributed by atoms with Crippen molar-refractivity contribution in [2.75, 3.05) is 6.54 Å². The summed E-state index contributed by atoms with van der Waals surface area (Å²) in [6.45, 7) is 0.728. The Kier molecular flexibility index (Phi) is 1.89. The van der Waals surface area contributed by atoms with Crippen LogP contribution in [0.5, 0.6) is 0 Å². The van der Waals surface area contributed by atoms with Crippen LogP contribution in [0, 0.1) is 0 Å². The molecule has 0 aliphatic heterocycles. The summed E-state index contributed by atoms with van der Waals surface area (Å²) in [5.74, 6) is 0.743. The molecule has 0 amide bonds. The van der Waals surface area contributed by atoms with Gasteiger partial charge in [-0.1, -0.05) is 0 Å². The highest BCUT2D eigenvalue weighted by Gasteiger charge is 2.28. The highest BCUT2D eigenvalue weighted by molar-refractivity contribution is 5.25. The molecular weight excluding hydrogens is 150 g/mol. The molecule has 1 saturated carbocycles. The van der Waals surface area contributed by atoms with Crippen LogP contribution in [0.25, 0.3) is 0 Å². The van der Waals surface area contributed by atoms with Crippen molar-refractivity contribution in [1.82, 2.24) is 9.78 Å². The third-order valence-corrected chi connectivity index (χ3v) is 2.31. The lowest BCUT2D eigenvalue weighted by Gasteiger charge is -1.95. The lowest BCUT2D eigenvalue weighted by atomic mass is 10.1. The van der Waals surface area contributed by atoms with Crippen molar-refractivity contribution < 1.29 is 0 Å². The van der Waals surface area contributed by atoms with Crippen LogP contribution >= 0.6 is 0 Å². The van der Waals surface area contributed by atoms with Crippen molar-refractivity contribution in [3.8, 4) is 0 Å². The van der Waals surface area contributed by atoms with Crippen LogP contribution in [-0.4, -0.2) is 16.3 Å². The van der Waals surface area contributed by atoms with E-state index in [9.17, 15) is 0 Å². The van der Waals surface area contributed by atoms with E-state index in [2.05, 4.69) is 11.3 Å². The Morgan fingerprint density at radius 2 is 2.42 bits per heavy atom. The van der Waals surface area contributed by atoms with Crippen molar-refractivity contribution in [2.24, 2.45) is 12.8 Å². The molecule has 1 aliphatic carbocycles. The van der Waals surface area contributed by atoms with E-state index >= 15 is 0 Å². The molecule has 66 valence electrons. The second kappa shape index (κ2) is 2.90. The van der Waals surface area contributed by atoms with E-state index in [0.717, 1.165) is 18.9 Å². The molecule has 0 bridgehead atoms. The molecule has 3 heteroatoms. The average Bonchev–Trinajstić information content (AvgIpc) is 2.79. The second-order valence-electron chi connectivity index (χ2n) is 3.53. The lowest BCUT2D eigenvalue weighted by molar-refractivity contribution is 0.744. The van der Waals surface area contributed by atoms with E-state index in [-0.39, 0.29) is 0 Å². The van der Waals surface area contributed by atoms with E-state index in [1.165, 1.54) is 24.1 Å². The van der Waals surface area contributed by atoms with Gasteiger partial charge < -0.3 is 5.73 Å². The van der Waals surface area contributed by atoms with Gasteiger partial charge in [0.05, 0.1) is 5.69 Å². The van der Waals surface area contributed by atoms with Gasteiger partial charge in [-0.2, -0.15) is 5.10 Å². The monoisotopic (exact) mass is 165 g/mol. The smallest absolute Gasteiger partial charge is 0.0687 e. The molecule has 0 atom stereocenters. The zero-order valence-corrected chi connectivity index (χ0v) is 7.45. The minimum Gasteiger partial charge on any atom is -0.330 e. The van der Waals surface area contributed by atoms with Gasteiger partial charge in [-0.15, -0.1) is 0 Å². The summed E-state index contributed by atoms with van der Waals surface area (Å²) in [6, 6.07) is 0. The predicted octanol–water partition coefficient (Wildman–Crippen LogP) is 0.799. The predicted molar refractivity (Wildman–Crippen MR) is 47.9 cm³/mol. The maximum atomic E-state index is 5.52. The van der Waals surface area contributed by atoms with Crippen molar-refractivity contribution in [3.63, 3.8) is 0 Å². The maximum absolute atomic E-state index is 5.52. The first-order valence-electron chi connectivity index (χ1n) is 4.53. The summed E-state index contributed by atoms with van der Waals surface area (Å²) in [5, 5.41) is 4.45. The van der Waals surface area contributed by atoms with Gasteiger partial charge in [0.15, 0.2) is 0 Å². The minimum atomic E-state index is 0.728. The molecule has 1 aliphatic rings. The number of aromatic nitrogens is 2. The topological polar surface area (TPSA) is 43.8 Å². The molecule has 0 aromatic carbocycles. The molecule has 1 aromatic rings. The number of nitrogens with zero attached hydrogens (tertiary/aromatic N) is 2. The highest BCUT2D eigenvalue weighted by Crippen LogP contribution is 2.40. The Morgan fingerprint density at radius 3 is 3.00 bits per heavy atom. The van der Waals surface area contributed by atoms with Crippen LogP contribution in [0.3, 0.4) is 0 Å². The summed E-state index contributed by atoms with van der Waals surface area (Å²) in [6.07, 6.45) is 5.70. The Bertz CT molecular complexity index is 273. The zero-order chi connectivity index (χ0) is 8.55. The van der Waals surface area contributed by atoms with Crippen LogP contribution in [0.1, 0.15) is 30.0 Å². The third-order valence-electron chi connectivity index (χ3n) is 2.31. The van der Waals surface area contributed by atoms with Crippen molar-refractivity contribution in [2.45, 2.75) is 25.2 Å². The van der Waals surface area contributed by atoms with E-state index in [0.29, 0.717) is 0 Å². The Morgan fingerprint density at radius 1 is 1.67 bits per heavy atom. The molecule has 0 radical (unpaired) electrons. The SMILES string of the molecule is Cn1cc(CCN)c(C2CC2)n1. The fraction of sp³-hybridized carbons (Fsp3) is 0.667. The summed E-state index contributed by atoms with van der Waals surface area (Å²) >= 11 is 0. The van der Waals surface area contributed by atoms with Crippen LogP contribution in [0.2, 0.25) is 0 Å². The van der Waals surface area contributed by atoms with E-state index in [1.807, 2.05) is 11.7 Å². The highest BCUT2D eigenvalue weighted by atomic mass is 15.3. The molecule has 0 saturated heterocycles. The second-order valence-corrected chi connectivity index (χ2v) is 3.53. The standard InChI is InChI=1S/C9H15N3/c1-12-6-8(4-5-10)9(11-12)7-2-3-7/h6-7H,2-5,10H2,1H3. The quantitative estimate of drug-likeness (QED) is 0.720. The number of hydrogen-bond donors (Lipinski definition) is 1. The van der Waals surface area contributed by atoms with Crippen LogP contribution in [0.4, 0.5) is 0 Å². The number of rotatable bonds is 3. The van der Waals surface area contributed by atoms with Crippen molar-refractivity contribution in [3.05, 3.63) is 17.5 Å². The Hall–Kier alpha value is -0.830. The fourth-order valence-electron chi connectivity index (χ4n) is 1.60. The van der Waals surface area contributed by atoms with Gasteiger partial charge in [0.25, 0.3) is 0 Å². The molecule has 12 heavy (non-hydrogen) atoms. The number of hydrogen-bond acceptors (Lipinski definition) is 2. The van der Waals surface area contributed by atoms with Gasteiger partial charge in [-0.3, -0.25) is 4.68 Å². The van der Waals surface area contributed by atoms with Crippen LogP contribution < -0.4 is 5.73 Å². The molecule has 2 rings (SSSR count). The van der Waals surface area contributed by atoms with Gasteiger partial charge in [0, 0.05) is 19.2 Å². The zero-order valence-electron chi connectivity index (χ0n) is 7.45. The molecule has 1 heterocycles. The Labute approximate surface area is 72.6 Å². The molecular formula is C9H15N3. The summed E-state index contributed by atoms with van der Waals surface area (Å²) in [5.41, 5.74) is 8.17. The van der Waals surface area contributed by atoms with Gasteiger partial charge in [0.1, 0.15) is 0 Å². The van der Waals surface area contributed by atoms with E-state index in [4.69, 9.17) is 5.73 Å². The normalized spacial score (nSPS) is 16.8. The molecule has 0 unspecified atom stereocenters. The number of aryl methyl sites for hydroxylation is 1. The molecule has 1 fully saturated rings. The first kappa shape index (κ1) is 7.80. The molecule has 0 spiro atoms.